The van der Waals surface area contributed by atoms with Gasteiger partial charge in [0.2, 0.25) is 0 Å². The van der Waals surface area contributed by atoms with Gasteiger partial charge in [0.25, 0.3) is 0 Å². The SMILES string of the molecule is CC(=O)c1ccc2c(c1)C(N=C(N)N)C(O)C(C)(C)O2. The Morgan fingerprint density at radius 2 is 2.05 bits per heavy atom. The van der Waals surface area contributed by atoms with Crippen molar-refractivity contribution in [1.29, 1.82) is 0 Å². The molecule has 5 N–H and O–H groups in total. The summed E-state index contributed by atoms with van der Waals surface area (Å²) in [5, 5.41) is 10.4. The van der Waals surface area contributed by atoms with Crippen molar-refractivity contribution in [1.82, 2.24) is 0 Å². The van der Waals surface area contributed by atoms with Gasteiger partial charge in [-0.3, -0.25) is 4.79 Å². The standard InChI is InChI=1S/C14H19N3O3/c1-7(18)8-4-5-10-9(6-8)11(17-13(15)16)12(19)14(2,3)20-10/h4-6,11-12,19H,1-3H3,(H4,15,16,17). The average molecular weight is 277 g/mol. The molecule has 0 saturated carbocycles. The summed E-state index contributed by atoms with van der Waals surface area (Å²) in [6, 6.07) is 4.39. The summed E-state index contributed by atoms with van der Waals surface area (Å²) in [4.78, 5) is 15.6. The number of hydrogen-bond donors (Lipinski definition) is 3. The number of aliphatic hydroxyl groups is 1. The minimum absolute atomic E-state index is 0.0735. The highest BCUT2D eigenvalue weighted by molar-refractivity contribution is 5.94. The van der Waals surface area contributed by atoms with E-state index in [1.165, 1.54) is 6.92 Å². The van der Waals surface area contributed by atoms with Crippen LogP contribution in [0.3, 0.4) is 0 Å². The van der Waals surface area contributed by atoms with E-state index in [-0.39, 0.29) is 11.7 Å². The zero-order valence-corrected chi connectivity index (χ0v) is 11.8. The molecule has 0 amide bonds. The molecule has 6 nitrogen and oxygen atoms in total. The number of guanidine groups is 1. The predicted molar refractivity (Wildman–Crippen MR) is 75.7 cm³/mol. The number of Topliss-reactive ketones (excluding diaryl/α,β-unsaturated/α-hetero) is 1. The number of nitrogens with two attached hydrogens (primary N) is 2. The molecule has 1 heterocycles. The van der Waals surface area contributed by atoms with Crippen LogP contribution in [0, 0.1) is 0 Å². The van der Waals surface area contributed by atoms with Gasteiger partial charge in [-0.05, 0) is 39.0 Å². The Morgan fingerprint density at radius 1 is 1.40 bits per heavy atom. The molecule has 0 spiro atoms. The zero-order valence-electron chi connectivity index (χ0n) is 11.8. The summed E-state index contributed by atoms with van der Waals surface area (Å²) in [6.45, 7) is 4.99. The normalized spacial score (nSPS) is 23.4. The third kappa shape index (κ3) is 2.46. The summed E-state index contributed by atoms with van der Waals surface area (Å²) >= 11 is 0. The lowest BCUT2D eigenvalue weighted by Crippen LogP contribution is -2.49. The molecule has 1 aromatic rings. The topological polar surface area (TPSA) is 111 Å². The van der Waals surface area contributed by atoms with E-state index in [0.29, 0.717) is 16.9 Å². The Kier molecular flexibility index (Phi) is 3.43. The van der Waals surface area contributed by atoms with E-state index in [1.54, 1.807) is 32.0 Å². The van der Waals surface area contributed by atoms with Crippen LogP contribution in [-0.2, 0) is 0 Å². The number of aliphatic imine (C=N–C) groups is 1. The van der Waals surface area contributed by atoms with E-state index >= 15 is 0 Å². The number of fused-ring (bicyclic) bond motifs is 1. The van der Waals surface area contributed by atoms with Gasteiger partial charge in [-0.25, -0.2) is 4.99 Å². The second-order valence-corrected chi connectivity index (χ2v) is 5.46. The lowest BCUT2D eigenvalue weighted by Gasteiger charge is -2.40. The number of aliphatic hydroxyl groups excluding tert-OH is 1. The maximum atomic E-state index is 11.5. The van der Waals surface area contributed by atoms with Crippen LogP contribution in [0.15, 0.2) is 23.2 Å². The number of rotatable bonds is 2. The van der Waals surface area contributed by atoms with Gasteiger partial charge < -0.3 is 21.3 Å². The molecule has 1 aliphatic rings. The van der Waals surface area contributed by atoms with E-state index in [9.17, 15) is 9.90 Å². The molecule has 6 heteroatoms. The molecular weight excluding hydrogens is 258 g/mol. The number of carbonyl (C=O) groups is 1. The number of hydrogen-bond acceptors (Lipinski definition) is 4. The molecule has 0 fully saturated rings. The van der Waals surface area contributed by atoms with E-state index in [0.717, 1.165) is 0 Å². The Balaban J connectivity index is 2.59. The van der Waals surface area contributed by atoms with Crippen molar-refractivity contribution in [3.05, 3.63) is 29.3 Å². The van der Waals surface area contributed by atoms with Crippen LogP contribution in [0.25, 0.3) is 0 Å². The third-order valence-electron chi connectivity index (χ3n) is 3.41. The first-order valence-electron chi connectivity index (χ1n) is 6.33. The highest BCUT2D eigenvalue weighted by atomic mass is 16.5. The smallest absolute Gasteiger partial charge is 0.186 e. The second kappa shape index (κ2) is 4.79. The molecule has 0 saturated heterocycles. The van der Waals surface area contributed by atoms with E-state index in [4.69, 9.17) is 16.2 Å². The number of ketones is 1. The minimum atomic E-state index is -0.917. The molecule has 2 atom stereocenters. The number of carbonyl (C=O) groups excluding carboxylic acids is 1. The van der Waals surface area contributed by atoms with Gasteiger partial charge in [0, 0.05) is 11.1 Å². The molecule has 0 aliphatic carbocycles. The Bertz CT molecular complexity index is 577. The zero-order chi connectivity index (χ0) is 15.1. The number of nitrogens with zero attached hydrogens (tertiary/aromatic N) is 1. The van der Waals surface area contributed by atoms with Crippen molar-refractivity contribution < 1.29 is 14.6 Å². The molecule has 108 valence electrons. The van der Waals surface area contributed by atoms with Gasteiger partial charge in [0.15, 0.2) is 11.7 Å². The van der Waals surface area contributed by atoms with Crippen LogP contribution in [-0.4, -0.2) is 28.6 Å². The van der Waals surface area contributed by atoms with Crippen molar-refractivity contribution in [2.24, 2.45) is 16.5 Å². The fourth-order valence-electron chi connectivity index (χ4n) is 2.29. The van der Waals surface area contributed by atoms with Crippen LogP contribution in [0.5, 0.6) is 5.75 Å². The van der Waals surface area contributed by atoms with Gasteiger partial charge in [-0.2, -0.15) is 0 Å². The second-order valence-electron chi connectivity index (χ2n) is 5.46. The highest BCUT2D eigenvalue weighted by Gasteiger charge is 2.43. The largest absolute Gasteiger partial charge is 0.485 e. The average Bonchev–Trinajstić information content (AvgIpc) is 2.33. The van der Waals surface area contributed by atoms with Gasteiger partial charge in [0.1, 0.15) is 23.5 Å². The third-order valence-corrected chi connectivity index (χ3v) is 3.41. The number of benzene rings is 1. The first kappa shape index (κ1) is 14.3. The van der Waals surface area contributed by atoms with Gasteiger partial charge in [-0.1, -0.05) is 0 Å². The van der Waals surface area contributed by atoms with Crippen molar-refractivity contribution in [2.75, 3.05) is 0 Å². The first-order valence-corrected chi connectivity index (χ1v) is 6.33. The van der Waals surface area contributed by atoms with Gasteiger partial charge >= 0.3 is 0 Å². The van der Waals surface area contributed by atoms with Crippen LogP contribution in [0.4, 0.5) is 0 Å². The molecule has 0 radical (unpaired) electrons. The molecule has 1 aliphatic heterocycles. The summed E-state index contributed by atoms with van der Waals surface area (Å²) in [7, 11) is 0. The van der Waals surface area contributed by atoms with Crippen molar-refractivity contribution in [3.63, 3.8) is 0 Å². The Labute approximate surface area is 117 Å². The number of ether oxygens (including phenoxy) is 1. The van der Waals surface area contributed by atoms with Crippen LogP contribution in [0.2, 0.25) is 0 Å². The van der Waals surface area contributed by atoms with E-state index in [2.05, 4.69) is 4.99 Å². The van der Waals surface area contributed by atoms with Gasteiger partial charge in [-0.15, -0.1) is 0 Å². The van der Waals surface area contributed by atoms with E-state index < -0.39 is 17.7 Å². The lowest BCUT2D eigenvalue weighted by atomic mass is 9.86. The maximum Gasteiger partial charge on any atom is 0.186 e. The summed E-state index contributed by atoms with van der Waals surface area (Å²) < 4.78 is 5.77. The fourth-order valence-corrected chi connectivity index (χ4v) is 2.29. The van der Waals surface area contributed by atoms with Gasteiger partial charge in [0.05, 0.1) is 0 Å². The first-order chi connectivity index (χ1) is 9.22. The molecule has 0 aromatic heterocycles. The fraction of sp³-hybridized carbons (Fsp3) is 0.429. The quantitative estimate of drug-likeness (QED) is 0.419. The summed E-state index contributed by atoms with van der Waals surface area (Å²) in [5.74, 6) is 0.377. The molecule has 20 heavy (non-hydrogen) atoms. The van der Waals surface area contributed by atoms with Crippen molar-refractivity contribution in [2.45, 2.75) is 38.5 Å². The Morgan fingerprint density at radius 3 is 2.60 bits per heavy atom. The lowest BCUT2D eigenvalue weighted by molar-refractivity contribution is -0.0567. The molecule has 2 rings (SSSR count). The van der Waals surface area contributed by atoms with E-state index in [1.807, 2.05) is 0 Å². The molecule has 2 unspecified atom stereocenters. The van der Waals surface area contributed by atoms with Crippen LogP contribution >= 0.6 is 0 Å². The predicted octanol–water partition coefficient (Wildman–Crippen LogP) is 0.736. The monoisotopic (exact) mass is 277 g/mol. The Hall–Kier alpha value is -2.08. The van der Waals surface area contributed by atoms with Crippen molar-refractivity contribution >= 4 is 11.7 Å². The molecular formula is C14H19N3O3. The van der Waals surface area contributed by atoms with Crippen LogP contribution in [0.1, 0.15) is 42.7 Å². The van der Waals surface area contributed by atoms with Crippen LogP contribution < -0.4 is 16.2 Å². The summed E-state index contributed by atoms with van der Waals surface area (Å²) in [5.41, 5.74) is 11.2. The highest BCUT2D eigenvalue weighted by Crippen LogP contribution is 2.42. The minimum Gasteiger partial charge on any atom is -0.485 e. The molecule has 1 aromatic carbocycles. The summed E-state index contributed by atoms with van der Waals surface area (Å²) in [6.07, 6.45) is -0.917. The van der Waals surface area contributed by atoms with Crippen molar-refractivity contribution in [3.8, 4) is 5.75 Å². The maximum absolute atomic E-state index is 11.5. The molecule has 0 bridgehead atoms.